The lowest BCUT2D eigenvalue weighted by molar-refractivity contribution is -0.145. The van der Waals surface area contributed by atoms with Crippen molar-refractivity contribution in [3.63, 3.8) is 0 Å². The van der Waals surface area contributed by atoms with Crippen LogP contribution in [0.15, 0.2) is 0 Å². The Morgan fingerprint density at radius 2 is 1.66 bits per heavy atom. The van der Waals surface area contributed by atoms with Gasteiger partial charge in [-0.25, -0.2) is 13.2 Å². The van der Waals surface area contributed by atoms with E-state index in [1.807, 2.05) is 27.7 Å². The number of rotatable bonds is 11. The first-order chi connectivity index (χ1) is 21.9. The molecule has 5 rings (SSSR count). The maximum Gasteiger partial charge on any atom is 0.316 e. The molecule has 47 heavy (non-hydrogen) atoms. The number of nitrogens with zero attached hydrogens (tertiary/aromatic N) is 1. The fourth-order valence-electron chi connectivity index (χ4n) is 8.07. The van der Waals surface area contributed by atoms with Gasteiger partial charge in [0.15, 0.2) is 15.3 Å². The summed E-state index contributed by atoms with van der Waals surface area (Å²) in [5.41, 5.74) is -3.21. The van der Waals surface area contributed by atoms with Gasteiger partial charge in [0.1, 0.15) is 12.1 Å². The zero-order valence-electron chi connectivity index (χ0n) is 28.6. The van der Waals surface area contributed by atoms with Crippen LogP contribution in [0.3, 0.4) is 0 Å². The van der Waals surface area contributed by atoms with E-state index in [-0.39, 0.29) is 42.1 Å². The molecule has 13 nitrogen and oxygen atoms in total. The van der Waals surface area contributed by atoms with Crippen molar-refractivity contribution in [2.24, 2.45) is 22.7 Å². The number of Topliss-reactive ketones (excluding diaryl/α,β-unsaturated/α-hetero) is 1. The van der Waals surface area contributed by atoms with Crippen molar-refractivity contribution in [3.05, 3.63) is 0 Å². The van der Waals surface area contributed by atoms with Gasteiger partial charge in [-0.2, -0.15) is 0 Å². The molecule has 5 fully saturated rings. The van der Waals surface area contributed by atoms with Gasteiger partial charge in [0.2, 0.25) is 17.6 Å². The number of hydrogen-bond acceptors (Lipinski definition) is 8. The summed E-state index contributed by atoms with van der Waals surface area (Å²) in [5.74, 6) is -2.49. The molecule has 0 aromatic carbocycles. The molecule has 4 N–H and O–H groups in total. The van der Waals surface area contributed by atoms with Crippen LogP contribution in [0.5, 0.6) is 0 Å². The Kier molecular flexibility index (Phi) is 9.79. The number of carbonyl (C=O) groups excluding carboxylic acids is 5. The number of ketones is 1. The van der Waals surface area contributed by atoms with E-state index in [1.165, 1.54) is 4.90 Å². The number of urea groups is 1. The van der Waals surface area contributed by atoms with E-state index < -0.39 is 73.9 Å². The van der Waals surface area contributed by atoms with Gasteiger partial charge in [0.05, 0.1) is 23.9 Å². The first kappa shape index (κ1) is 35.6. The monoisotopic (exact) mass is 679 g/mol. The lowest BCUT2D eigenvalue weighted by atomic mass is 9.82. The lowest BCUT2D eigenvalue weighted by Crippen LogP contribution is -2.65. The summed E-state index contributed by atoms with van der Waals surface area (Å²) < 4.78 is 31.5. The molecule has 5 amide bonds. The molecule has 0 bridgehead atoms. The van der Waals surface area contributed by atoms with E-state index in [2.05, 4.69) is 35.1 Å². The summed E-state index contributed by atoms with van der Waals surface area (Å²) in [7, 11) is -3.57. The molecule has 2 saturated heterocycles. The minimum Gasteiger partial charge on any atom is -0.359 e. The molecule has 14 heteroatoms. The topological polar surface area (TPSA) is 180 Å². The molecular formula is C33H53N5O8S. The maximum atomic E-state index is 14.4. The Morgan fingerprint density at radius 1 is 1.00 bits per heavy atom. The Morgan fingerprint density at radius 3 is 2.21 bits per heavy atom. The van der Waals surface area contributed by atoms with E-state index in [0.717, 1.165) is 32.1 Å². The second kappa shape index (κ2) is 12.9. The normalized spacial score (nSPS) is 30.0. The molecule has 0 aromatic rings. The Hall–Kier alpha value is -2.74. The van der Waals surface area contributed by atoms with Crippen molar-refractivity contribution < 1.29 is 37.1 Å². The SMILES string of the molecule is CCC[C@H](NC(=O)[C@@H]1[C@@H]2[C@H](CN1C(=O)[C@@H](NC(=O)NC1(C3OCCS3(=O)=O)CCCCC1)C(C)(C)C)C2(C)C)C(=O)C(=O)NC1CC1. The quantitative estimate of drug-likeness (QED) is 0.239. The van der Waals surface area contributed by atoms with Crippen molar-refractivity contribution in [1.82, 2.24) is 26.2 Å². The van der Waals surface area contributed by atoms with Gasteiger partial charge in [0.25, 0.3) is 5.91 Å². The maximum absolute atomic E-state index is 14.4. The minimum absolute atomic E-state index is 0.00232. The smallest absolute Gasteiger partial charge is 0.316 e. The molecule has 0 radical (unpaired) electrons. The van der Waals surface area contributed by atoms with Crippen LogP contribution in [0, 0.1) is 22.7 Å². The number of nitrogens with one attached hydrogen (secondary N) is 4. The summed E-state index contributed by atoms with van der Waals surface area (Å²) in [6, 6.07) is -3.59. The highest BCUT2D eigenvalue weighted by Gasteiger charge is 2.70. The number of likely N-dealkylation sites (tertiary alicyclic amines) is 1. The van der Waals surface area contributed by atoms with Crippen LogP contribution in [0.4, 0.5) is 4.79 Å². The predicted octanol–water partition coefficient (Wildman–Crippen LogP) is 1.79. The van der Waals surface area contributed by atoms with Crippen LogP contribution in [-0.2, 0) is 33.8 Å². The van der Waals surface area contributed by atoms with Gasteiger partial charge in [-0.05, 0) is 54.8 Å². The largest absolute Gasteiger partial charge is 0.359 e. The van der Waals surface area contributed by atoms with E-state index in [0.29, 0.717) is 25.8 Å². The van der Waals surface area contributed by atoms with Crippen molar-refractivity contribution in [2.45, 2.75) is 134 Å². The van der Waals surface area contributed by atoms with Gasteiger partial charge in [0, 0.05) is 12.6 Å². The van der Waals surface area contributed by atoms with Crippen molar-refractivity contribution in [1.29, 1.82) is 0 Å². The molecule has 2 heterocycles. The molecule has 0 spiro atoms. The molecule has 0 aromatic heterocycles. The standard InChI is InChI=1S/C33H53N5O8S/c1-7-11-21(24(39)27(41)34-19-12-13-19)35-26(40)23-22-20(32(22,5)6)18-38(23)28(42)25(31(2,3)4)36-30(43)37-33(14-9-8-10-15-33)29-46-16-17-47(29,44)45/h19-23,25,29H,7-18H2,1-6H3,(H,34,41)(H,35,40)(H2,36,37,43)/t20-,21-,22-,23-,25+,29?/m0/s1. The minimum atomic E-state index is -3.57. The molecule has 3 saturated carbocycles. The number of piperidine rings is 1. The summed E-state index contributed by atoms with van der Waals surface area (Å²) in [6.07, 6.45) is 5.81. The first-order valence-corrected chi connectivity index (χ1v) is 19.0. The first-order valence-electron chi connectivity index (χ1n) is 17.3. The van der Waals surface area contributed by atoms with Crippen LogP contribution in [0.25, 0.3) is 0 Å². The van der Waals surface area contributed by atoms with Crippen LogP contribution < -0.4 is 21.3 Å². The van der Waals surface area contributed by atoms with Gasteiger partial charge >= 0.3 is 6.03 Å². The van der Waals surface area contributed by atoms with Gasteiger partial charge < -0.3 is 30.9 Å². The molecule has 6 atom stereocenters. The second-order valence-corrected chi connectivity index (χ2v) is 18.2. The van der Waals surface area contributed by atoms with E-state index in [1.54, 1.807) is 0 Å². The van der Waals surface area contributed by atoms with Crippen molar-refractivity contribution >= 4 is 39.4 Å². The number of carbonyl (C=O) groups is 5. The van der Waals surface area contributed by atoms with E-state index in [9.17, 15) is 32.4 Å². The third-order valence-corrected chi connectivity index (χ3v) is 13.0. The van der Waals surface area contributed by atoms with Crippen LogP contribution >= 0.6 is 0 Å². The fourth-order valence-corrected chi connectivity index (χ4v) is 9.89. The molecule has 1 unspecified atom stereocenters. The Balaban J connectivity index is 1.34. The van der Waals surface area contributed by atoms with Crippen LogP contribution in [-0.4, -0.2) is 96.9 Å². The fraction of sp³-hybridized carbons (Fsp3) is 0.848. The third kappa shape index (κ3) is 7.18. The van der Waals surface area contributed by atoms with E-state index >= 15 is 0 Å². The summed E-state index contributed by atoms with van der Waals surface area (Å²) >= 11 is 0. The number of hydrogen-bond donors (Lipinski definition) is 4. The average molecular weight is 680 g/mol. The third-order valence-electron chi connectivity index (χ3n) is 11.0. The summed E-state index contributed by atoms with van der Waals surface area (Å²) in [6.45, 7) is 11.8. The highest BCUT2D eigenvalue weighted by Crippen LogP contribution is 2.65. The lowest BCUT2D eigenvalue weighted by Gasteiger charge is -2.42. The Labute approximate surface area is 278 Å². The Bertz CT molecular complexity index is 1380. The van der Waals surface area contributed by atoms with Gasteiger partial charge in [-0.1, -0.05) is 67.2 Å². The molecule has 3 aliphatic carbocycles. The highest BCUT2D eigenvalue weighted by atomic mass is 32.2. The van der Waals surface area contributed by atoms with E-state index in [4.69, 9.17) is 4.74 Å². The second-order valence-electron chi connectivity index (χ2n) is 16.0. The number of ether oxygens (including phenoxy) is 1. The molecule has 264 valence electrons. The highest BCUT2D eigenvalue weighted by molar-refractivity contribution is 7.92. The van der Waals surface area contributed by atoms with Crippen molar-refractivity contribution in [3.8, 4) is 0 Å². The summed E-state index contributed by atoms with van der Waals surface area (Å²) in [5, 5.41) is 11.3. The average Bonchev–Trinajstić information content (AvgIpc) is 3.76. The van der Waals surface area contributed by atoms with Gasteiger partial charge in [-0.3, -0.25) is 19.2 Å². The zero-order valence-corrected chi connectivity index (χ0v) is 29.5. The summed E-state index contributed by atoms with van der Waals surface area (Å²) in [4.78, 5) is 69.2. The van der Waals surface area contributed by atoms with Crippen LogP contribution in [0.2, 0.25) is 0 Å². The number of fused-ring (bicyclic) bond motifs is 1. The van der Waals surface area contributed by atoms with Crippen LogP contribution in [0.1, 0.15) is 99.3 Å². The molecule has 5 aliphatic rings. The zero-order chi connectivity index (χ0) is 34.5. The molecular weight excluding hydrogens is 626 g/mol. The van der Waals surface area contributed by atoms with Gasteiger partial charge in [-0.15, -0.1) is 0 Å². The van der Waals surface area contributed by atoms with Crippen molar-refractivity contribution in [2.75, 3.05) is 18.9 Å². The number of amides is 5. The predicted molar refractivity (Wildman–Crippen MR) is 174 cm³/mol. The molecule has 2 aliphatic heterocycles. The number of sulfone groups is 1.